The number of carbonyl (C=O) groups excluding carboxylic acids is 1. The summed E-state index contributed by atoms with van der Waals surface area (Å²) in [6.07, 6.45) is 0.794. The van der Waals surface area contributed by atoms with E-state index in [1.807, 2.05) is 6.92 Å². The van der Waals surface area contributed by atoms with Crippen molar-refractivity contribution in [3.8, 4) is 16.9 Å². The molecule has 3 aromatic rings. The second-order valence-electron chi connectivity index (χ2n) is 5.98. The summed E-state index contributed by atoms with van der Waals surface area (Å²) in [6.45, 7) is 2.48. The summed E-state index contributed by atoms with van der Waals surface area (Å²) in [5.74, 6) is -0.284. The van der Waals surface area contributed by atoms with E-state index in [0.717, 1.165) is 6.42 Å². The van der Waals surface area contributed by atoms with Crippen LogP contribution in [0.1, 0.15) is 23.8 Å². The number of hydrogen-bond donors (Lipinski definition) is 1. The highest BCUT2D eigenvalue weighted by atomic mass is 35.5. The second-order valence-corrected chi connectivity index (χ2v) is 6.80. The molecule has 0 saturated heterocycles. The second kappa shape index (κ2) is 8.41. The van der Waals surface area contributed by atoms with E-state index in [2.05, 4.69) is 10.4 Å². The van der Waals surface area contributed by atoms with Gasteiger partial charge < -0.3 is 5.32 Å². The van der Waals surface area contributed by atoms with Gasteiger partial charge in [0.1, 0.15) is 5.69 Å². The fraction of sp³-hybridized carbons (Fsp3) is 0.158. The van der Waals surface area contributed by atoms with Crippen molar-refractivity contribution in [2.45, 2.75) is 13.3 Å². The molecule has 144 valence electrons. The van der Waals surface area contributed by atoms with Gasteiger partial charge in [0, 0.05) is 24.2 Å². The third kappa shape index (κ3) is 4.16. The van der Waals surface area contributed by atoms with E-state index < -0.39 is 4.92 Å². The molecule has 7 nitrogen and oxygen atoms in total. The normalized spacial score (nSPS) is 10.7. The first kappa shape index (κ1) is 19.9. The average Bonchev–Trinajstić information content (AvgIpc) is 3.14. The van der Waals surface area contributed by atoms with Crippen molar-refractivity contribution in [3.05, 3.63) is 74.4 Å². The molecule has 0 atom stereocenters. The fourth-order valence-corrected chi connectivity index (χ4v) is 2.87. The van der Waals surface area contributed by atoms with Gasteiger partial charge >= 0.3 is 0 Å². The molecule has 0 fully saturated rings. The number of rotatable bonds is 6. The SMILES string of the molecule is CCCNC(=O)c1cc(-c2ccc([N+](=O)[O-])cc2)nn1-c1ccc(Cl)c(Cl)c1. The van der Waals surface area contributed by atoms with Gasteiger partial charge in [-0.25, -0.2) is 4.68 Å². The third-order valence-corrected chi connectivity index (χ3v) is 4.74. The van der Waals surface area contributed by atoms with Crippen LogP contribution in [-0.4, -0.2) is 27.2 Å². The van der Waals surface area contributed by atoms with Crippen LogP contribution in [0.4, 0.5) is 5.69 Å². The molecule has 2 aromatic carbocycles. The lowest BCUT2D eigenvalue weighted by atomic mass is 10.1. The Labute approximate surface area is 171 Å². The molecule has 0 aliphatic rings. The highest BCUT2D eigenvalue weighted by Crippen LogP contribution is 2.27. The maximum atomic E-state index is 12.6. The Balaban J connectivity index is 2.07. The molecule has 9 heteroatoms. The summed E-state index contributed by atoms with van der Waals surface area (Å²) in [6, 6.07) is 12.6. The zero-order valence-electron chi connectivity index (χ0n) is 14.9. The minimum absolute atomic E-state index is 0.0198. The van der Waals surface area contributed by atoms with Gasteiger partial charge in [-0.1, -0.05) is 30.1 Å². The van der Waals surface area contributed by atoms with E-state index in [-0.39, 0.29) is 11.6 Å². The molecule has 0 aliphatic heterocycles. The number of aromatic nitrogens is 2. The van der Waals surface area contributed by atoms with Crippen molar-refractivity contribution in [3.63, 3.8) is 0 Å². The van der Waals surface area contributed by atoms with Crippen LogP contribution in [0.25, 0.3) is 16.9 Å². The van der Waals surface area contributed by atoms with Crippen LogP contribution < -0.4 is 5.32 Å². The molecule has 0 aliphatic carbocycles. The van der Waals surface area contributed by atoms with Crippen molar-refractivity contribution in [2.75, 3.05) is 6.54 Å². The third-order valence-electron chi connectivity index (χ3n) is 4.00. The molecule has 3 rings (SSSR count). The Bertz CT molecular complexity index is 1030. The lowest BCUT2D eigenvalue weighted by molar-refractivity contribution is -0.384. The Morgan fingerprint density at radius 3 is 2.46 bits per heavy atom. The molecule has 0 saturated carbocycles. The molecule has 0 unspecified atom stereocenters. The molecule has 28 heavy (non-hydrogen) atoms. The molecule has 0 spiro atoms. The summed E-state index contributed by atoms with van der Waals surface area (Å²) in [5.41, 5.74) is 2.02. The predicted molar refractivity (Wildman–Crippen MR) is 108 cm³/mol. The number of amides is 1. The van der Waals surface area contributed by atoms with Crippen molar-refractivity contribution >= 4 is 34.8 Å². The smallest absolute Gasteiger partial charge is 0.270 e. The van der Waals surface area contributed by atoms with E-state index in [1.54, 1.807) is 36.4 Å². The van der Waals surface area contributed by atoms with Crippen LogP contribution in [0.15, 0.2) is 48.5 Å². The molecule has 1 heterocycles. The number of halogens is 2. The molecule has 0 radical (unpaired) electrons. The number of non-ortho nitro benzene ring substituents is 1. The van der Waals surface area contributed by atoms with E-state index in [1.165, 1.54) is 16.8 Å². The minimum atomic E-state index is -0.471. The van der Waals surface area contributed by atoms with E-state index in [9.17, 15) is 14.9 Å². The first-order chi connectivity index (χ1) is 13.4. The Kier molecular flexibility index (Phi) is 5.96. The van der Waals surface area contributed by atoms with Gasteiger partial charge in [0.25, 0.3) is 11.6 Å². The van der Waals surface area contributed by atoms with Crippen LogP contribution in [-0.2, 0) is 0 Å². The van der Waals surface area contributed by atoms with Gasteiger partial charge in [0.05, 0.1) is 26.3 Å². The molecule has 1 aromatic heterocycles. The number of hydrogen-bond acceptors (Lipinski definition) is 4. The summed E-state index contributed by atoms with van der Waals surface area (Å²) < 4.78 is 1.48. The van der Waals surface area contributed by atoms with Crippen molar-refractivity contribution in [1.82, 2.24) is 15.1 Å². The quantitative estimate of drug-likeness (QED) is 0.455. The van der Waals surface area contributed by atoms with Crippen molar-refractivity contribution in [2.24, 2.45) is 0 Å². The van der Waals surface area contributed by atoms with Gasteiger partial charge in [-0.15, -0.1) is 0 Å². The van der Waals surface area contributed by atoms with Crippen LogP contribution in [0.2, 0.25) is 10.0 Å². The van der Waals surface area contributed by atoms with Gasteiger partial charge in [0.15, 0.2) is 0 Å². The van der Waals surface area contributed by atoms with Crippen LogP contribution in [0.3, 0.4) is 0 Å². The molecular formula is C19H16Cl2N4O3. The van der Waals surface area contributed by atoms with Crippen molar-refractivity contribution < 1.29 is 9.72 Å². The van der Waals surface area contributed by atoms with Gasteiger partial charge in [-0.3, -0.25) is 14.9 Å². The van der Waals surface area contributed by atoms with Crippen LogP contribution >= 0.6 is 23.2 Å². The van der Waals surface area contributed by atoms with Crippen LogP contribution in [0, 0.1) is 10.1 Å². The standard InChI is InChI=1S/C19H16Cl2N4O3/c1-2-9-22-19(26)18-11-17(12-3-5-13(6-4-12)25(27)28)23-24(18)14-7-8-15(20)16(21)10-14/h3-8,10-11H,2,9H2,1H3,(H,22,26). The maximum Gasteiger partial charge on any atom is 0.270 e. The summed E-state index contributed by atoms with van der Waals surface area (Å²) >= 11 is 12.1. The number of benzene rings is 2. The first-order valence-corrected chi connectivity index (χ1v) is 9.25. The monoisotopic (exact) mass is 418 g/mol. The largest absolute Gasteiger partial charge is 0.351 e. The molecule has 0 bridgehead atoms. The summed E-state index contributed by atoms with van der Waals surface area (Å²) in [5, 5.41) is 18.9. The summed E-state index contributed by atoms with van der Waals surface area (Å²) in [4.78, 5) is 23.0. The molecular weight excluding hydrogens is 403 g/mol. The highest BCUT2D eigenvalue weighted by Gasteiger charge is 2.18. The first-order valence-electron chi connectivity index (χ1n) is 8.49. The lowest BCUT2D eigenvalue weighted by Gasteiger charge is -2.08. The number of carbonyl (C=O) groups is 1. The van der Waals surface area contributed by atoms with Crippen molar-refractivity contribution in [1.29, 1.82) is 0 Å². The van der Waals surface area contributed by atoms with Gasteiger partial charge in [0.2, 0.25) is 0 Å². The van der Waals surface area contributed by atoms with E-state index >= 15 is 0 Å². The lowest BCUT2D eigenvalue weighted by Crippen LogP contribution is -2.26. The fourth-order valence-electron chi connectivity index (χ4n) is 2.58. The van der Waals surface area contributed by atoms with E-state index in [4.69, 9.17) is 23.2 Å². The van der Waals surface area contributed by atoms with Crippen LogP contribution in [0.5, 0.6) is 0 Å². The maximum absolute atomic E-state index is 12.6. The average molecular weight is 419 g/mol. The Morgan fingerprint density at radius 2 is 1.86 bits per heavy atom. The zero-order valence-corrected chi connectivity index (χ0v) is 16.4. The number of nitrogens with zero attached hydrogens (tertiary/aromatic N) is 3. The Hall–Kier alpha value is -2.90. The number of nitrogens with one attached hydrogen (secondary N) is 1. The van der Waals surface area contributed by atoms with Gasteiger partial charge in [-0.2, -0.15) is 5.10 Å². The Morgan fingerprint density at radius 1 is 1.14 bits per heavy atom. The molecule has 1 N–H and O–H groups in total. The number of nitro benzene ring substituents is 1. The highest BCUT2D eigenvalue weighted by molar-refractivity contribution is 6.42. The molecule has 1 amide bonds. The van der Waals surface area contributed by atoms with Gasteiger partial charge in [-0.05, 0) is 42.8 Å². The summed E-state index contributed by atoms with van der Waals surface area (Å²) in [7, 11) is 0. The van der Waals surface area contributed by atoms with E-state index in [0.29, 0.717) is 39.2 Å². The number of nitro groups is 1. The topological polar surface area (TPSA) is 90.1 Å². The minimum Gasteiger partial charge on any atom is -0.351 e. The predicted octanol–water partition coefficient (Wildman–Crippen LogP) is 4.89. The zero-order chi connectivity index (χ0) is 20.3.